The van der Waals surface area contributed by atoms with Gasteiger partial charge in [0.15, 0.2) is 0 Å². The molecular formula is C14H24N2O3S. The molecule has 114 valence electrons. The molecule has 0 aromatic carbocycles. The Morgan fingerprint density at radius 2 is 2.20 bits per heavy atom. The van der Waals surface area contributed by atoms with E-state index in [4.69, 9.17) is 4.74 Å². The van der Waals surface area contributed by atoms with Gasteiger partial charge in [-0.3, -0.25) is 0 Å². The van der Waals surface area contributed by atoms with E-state index >= 15 is 0 Å². The first-order valence-electron chi connectivity index (χ1n) is 6.76. The van der Waals surface area contributed by atoms with E-state index in [9.17, 15) is 9.90 Å². The number of ether oxygens (including phenoxy) is 1. The Morgan fingerprint density at radius 1 is 1.45 bits per heavy atom. The molecule has 1 unspecified atom stereocenters. The van der Waals surface area contributed by atoms with Crippen LogP contribution < -0.4 is 10.6 Å². The van der Waals surface area contributed by atoms with Gasteiger partial charge in [-0.25, -0.2) is 4.79 Å². The molecular weight excluding hydrogens is 276 g/mol. The molecule has 0 bridgehead atoms. The molecule has 6 heteroatoms. The highest BCUT2D eigenvalue weighted by Crippen LogP contribution is 2.14. The fourth-order valence-electron chi connectivity index (χ4n) is 1.54. The third-order valence-electron chi connectivity index (χ3n) is 2.46. The van der Waals surface area contributed by atoms with Gasteiger partial charge in [-0.1, -0.05) is 0 Å². The number of aliphatic hydroxyl groups excluding tert-OH is 1. The Balaban J connectivity index is 2.01. The van der Waals surface area contributed by atoms with Crippen molar-refractivity contribution in [2.24, 2.45) is 0 Å². The summed E-state index contributed by atoms with van der Waals surface area (Å²) in [7, 11) is 0. The van der Waals surface area contributed by atoms with Crippen LogP contribution in [0.2, 0.25) is 0 Å². The summed E-state index contributed by atoms with van der Waals surface area (Å²) in [6.45, 7) is 7.30. The molecule has 0 saturated carbocycles. The Morgan fingerprint density at radius 3 is 2.80 bits per heavy atom. The molecule has 0 radical (unpaired) electrons. The van der Waals surface area contributed by atoms with E-state index in [0.29, 0.717) is 13.1 Å². The average molecular weight is 300 g/mol. The number of hydrogen-bond acceptors (Lipinski definition) is 5. The predicted molar refractivity (Wildman–Crippen MR) is 81.0 cm³/mol. The highest BCUT2D eigenvalue weighted by molar-refractivity contribution is 7.07. The zero-order valence-electron chi connectivity index (χ0n) is 12.3. The minimum Gasteiger partial charge on any atom is -0.444 e. The number of hydrogen-bond donors (Lipinski definition) is 3. The Labute approximate surface area is 124 Å². The molecule has 0 spiro atoms. The molecule has 20 heavy (non-hydrogen) atoms. The van der Waals surface area contributed by atoms with Crippen molar-refractivity contribution in [3.8, 4) is 0 Å². The molecule has 1 amide bonds. The smallest absolute Gasteiger partial charge is 0.407 e. The summed E-state index contributed by atoms with van der Waals surface area (Å²) >= 11 is 1.57. The molecule has 0 aliphatic carbocycles. The van der Waals surface area contributed by atoms with Crippen molar-refractivity contribution in [3.05, 3.63) is 22.4 Å². The summed E-state index contributed by atoms with van der Waals surface area (Å²) in [6.07, 6.45) is -0.0776. The van der Waals surface area contributed by atoms with E-state index in [-0.39, 0.29) is 0 Å². The van der Waals surface area contributed by atoms with Crippen LogP contribution in [0.1, 0.15) is 38.9 Å². The topological polar surface area (TPSA) is 70.6 Å². The molecule has 0 aliphatic rings. The number of carbonyl (C=O) groups is 1. The van der Waals surface area contributed by atoms with Gasteiger partial charge in [0.05, 0.1) is 6.10 Å². The SMILES string of the molecule is CC(C)(C)OC(=O)NCCCNCC(O)c1ccsc1. The van der Waals surface area contributed by atoms with E-state index in [1.165, 1.54) is 0 Å². The van der Waals surface area contributed by atoms with Crippen LogP contribution in [-0.4, -0.2) is 36.4 Å². The minimum atomic E-state index is -0.472. The lowest BCUT2D eigenvalue weighted by molar-refractivity contribution is 0.0527. The number of rotatable bonds is 7. The zero-order chi connectivity index (χ0) is 15.0. The molecule has 1 aromatic rings. The lowest BCUT2D eigenvalue weighted by Crippen LogP contribution is -2.34. The molecule has 1 atom stereocenters. The van der Waals surface area contributed by atoms with Crippen LogP contribution in [0.3, 0.4) is 0 Å². The maximum absolute atomic E-state index is 11.4. The minimum absolute atomic E-state index is 0.393. The monoisotopic (exact) mass is 300 g/mol. The molecule has 1 aromatic heterocycles. The Hall–Kier alpha value is -1.11. The summed E-state index contributed by atoms with van der Waals surface area (Å²) in [6, 6.07) is 1.92. The van der Waals surface area contributed by atoms with E-state index in [1.807, 2.05) is 37.6 Å². The average Bonchev–Trinajstić information content (AvgIpc) is 2.84. The summed E-state index contributed by atoms with van der Waals surface area (Å²) < 4.78 is 5.12. The summed E-state index contributed by atoms with van der Waals surface area (Å²) in [4.78, 5) is 11.4. The van der Waals surface area contributed by atoms with Crippen LogP contribution in [-0.2, 0) is 4.74 Å². The van der Waals surface area contributed by atoms with Crippen LogP contribution in [0, 0.1) is 0 Å². The fraction of sp³-hybridized carbons (Fsp3) is 0.643. The second kappa shape index (κ2) is 8.24. The van der Waals surface area contributed by atoms with E-state index in [1.54, 1.807) is 11.3 Å². The normalized spacial score (nSPS) is 13.0. The maximum Gasteiger partial charge on any atom is 0.407 e. The lowest BCUT2D eigenvalue weighted by Gasteiger charge is -2.19. The lowest BCUT2D eigenvalue weighted by atomic mass is 10.2. The van der Waals surface area contributed by atoms with Gasteiger partial charge in [0.2, 0.25) is 0 Å². The van der Waals surface area contributed by atoms with Crippen LogP contribution in [0.25, 0.3) is 0 Å². The first-order valence-corrected chi connectivity index (χ1v) is 7.70. The van der Waals surface area contributed by atoms with Crippen molar-refractivity contribution in [3.63, 3.8) is 0 Å². The second-order valence-corrected chi connectivity index (χ2v) is 6.34. The molecule has 1 heterocycles. The fourth-order valence-corrected chi connectivity index (χ4v) is 2.25. The molecule has 3 N–H and O–H groups in total. The van der Waals surface area contributed by atoms with Gasteiger partial charge in [0.1, 0.15) is 5.60 Å². The van der Waals surface area contributed by atoms with Crippen LogP contribution >= 0.6 is 11.3 Å². The third kappa shape index (κ3) is 7.47. The molecule has 0 aliphatic heterocycles. The van der Waals surface area contributed by atoms with Crippen LogP contribution in [0.4, 0.5) is 4.79 Å². The number of carbonyl (C=O) groups excluding carboxylic acids is 1. The Kier molecular flexibility index (Phi) is 6.98. The van der Waals surface area contributed by atoms with Gasteiger partial charge in [-0.15, -0.1) is 0 Å². The van der Waals surface area contributed by atoms with Crippen molar-refractivity contribution in [2.45, 2.75) is 38.9 Å². The highest BCUT2D eigenvalue weighted by atomic mass is 32.1. The van der Waals surface area contributed by atoms with Gasteiger partial charge in [0, 0.05) is 13.1 Å². The van der Waals surface area contributed by atoms with E-state index in [0.717, 1.165) is 18.5 Å². The number of alkyl carbamates (subject to hydrolysis) is 1. The van der Waals surface area contributed by atoms with Gasteiger partial charge in [-0.05, 0) is 56.1 Å². The number of amides is 1. The molecule has 5 nitrogen and oxygen atoms in total. The van der Waals surface area contributed by atoms with Crippen molar-refractivity contribution in [1.82, 2.24) is 10.6 Å². The van der Waals surface area contributed by atoms with Gasteiger partial charge >= 0.3 is 6.09 Å². The van der Waals surface area contributed by atoms with Gasteiger partial charge in [0.25, 0.3) is 0 Å². The molecule has 1 rings (SSSR count). The first-order chi connectivity index (χ1) is 9.38. The number of thiophene rings is 1. The van der Waals surface area contributed by atoms with Crippen LogP contribution in [0.5, 0.6) is 0 Å². The first kappa shape index (κ1) is 16.9. The van der Waals surface area contributed by atoms with E-state index < -0.39 is 17.8 Å². The predicted octanol–water partition coefficient (Wildman–Crippen LogP) is 2.29. The van der Waals surface area contributed by atoms with Crippen molar-refractivity contribution >= 4 is 17.4 Å². The zero-order valence-corrected chi connectivity index (χ0v) is 13.1. The molecule has 0 saturated heterocycles. The van der Waals surface area contributed by atoms with Gasteiger partial charge in [-0.2, -0.15) is 11.3 Å². The quantitative estimate of drug-likeness (QED) is 0.676. The largest absolute Gasteiger partial charge is 0.444 e. The number of aliphatic hydroxyl groups is 1. The second-order valence-electron chi connectivity index (χ2n) is 5.56. The van der Waals surface area contributed by atoms with Gasteiger partial charge < -0.3 is 20.5 Å². The maximum atomic E-state index is 11.4. The third-order valence-corrected chi connectivity index (χ3v) is 3.17. The standard InChI is InChI=1S/C14H24N2O3S/c1-14(2,3)19-13(18)16-7-4-6-15-9-12(17)11-5-8-20-10-11/h5,8,10,12,15,17H,4,6-7,9H2,1-3H3,(H,16,18). The summed E-state index contributed by atoms with van der Waals surface area (Å²) in [5, 5.41) is 19.6. The van der Waals surface area contributed by atoms with Crippen molar-refractivity contribution in [2.75, 3.05) is 19.6 Å². The van der Waals surface area contributed by atoms with Crippen molar-refractivity contribution < 1.29 is 14.6 Å². The highest BCUT2D eigenvalue weighted by Gasteiger charge is 2.15. The van der Waals surface area contributed by atoms with Crippen LogP contribution in [0.15, 0.2) is 16.8 Å². The number of nitrogens with one attached hydrogen (secondary N) is 2. The summed E-state index contributed by atoms with van der Waals surface area (Å²) in [5.74, 6) is 0. The summed E-state index contributed by atoms with van der Waals surface area (Å²) in [5.41, 5.74) is 0.474. The Bertz CT molecular complexity index is 388. The van der Waals surface area contributed by atoms with E-state index in [2.05, 4.69) is 10.6 Å². The van der Waals surface area contributed by atoms with Crippen molar-refractivity contribution in [1.29, 1.82) is 0 Å². The molecule has 0 fully saturated rings.